The number of hydrogen-bond acceptors (Lipinski definition) is 6. The van der Waals surface area contributed by atoms with Crippen LogP contribution in [0.2, 0.25) is 0 Å². The van der Waals surface area contributed by atoms with Crippen LogP contribution in [0, 0.1) is 0 Å². The average molecular weight is 351 g/mol. The highest BCUT2D eigenvalue weighted by Crippen LogP contribution is 2.31. The fourth-order valence-corrected chi connectivity index (χ4v) is 4.65. The summed E-state index contributed by atoms with van der Waals surface area (Å²) in [6.45, 7) is 5.86. The van der Waals surface area contributed by atoms with Crippen LogP contribution in [0.15, 0.2) is 11.6 Å². The molecule has 0 saturated carbocycles. The lowest BCUT2D eigenvalue weighted by Gasteiger charge is -2.47. The molecular formula is C17H25N3O3S. The lowest BCUT2D eigenvalue weighted by atomic mass is 9.89. The van der Waals surface area contributed by atoms with Crippen molar-refractivity contribution < 1.29 is 14.3 Å². The van der Waals surface area contributed by atoms with Gasteiger partial charge in [0.1, 0.15) is 11.1 Å². The number of thiazole rings is 1. The third-order valence-electron chi connectivity index (χ3n) is 5.36. The maximum atomic E-state index is 12.5. The summed E-state index contributed by atoms with van der Waals surface area (Å²) < 4.78 is 11.7. The van der Waals surface area contributed by atoms with Crippen LogP contribution in [0.25, 0.3) is 0 Å². The van der Waals surface area contributed by atoms with Gasteiger partial charge in [-0.25, -0.2) is 4.98 Å². The van der Waals surface area contributed by atoms with Crippen LogP contribution in [0.5, 0.6) is 0 Å². The molecule has 3 aliphatic rings. The zero-order valence-corrected chi connectivity index (χ0v) is 14.8. The van der Waals surface area contributed by atoms with Crippen LogP contribution in [-0.4, -0.2) is 71.8 Å². The summed E-state index contributed by atoms with van der Waals surface area (Å²) in [4.78, 5) is 21.3. The van der Waals surface area contributed by atoms with Gasteiger partial charge in [0.15, 0.2) is 0 Å². The second kappa shape index (κ2) is 7.07. The number of likely N-dealkylation sites (tertiary alicyclic amines) is 1. The number of aromatic nitrogens is 1. The molecule has 1 atom stereocenters. The Hall–Kier alpha value is -1.02. The Morgan fingerprint density at radius 3 is 2.92 bits per heavy atom. The van der Waals surface area contributed by atoms with Gasteiger partial charge in [0.25, 0.3) is 5.91 Å². The predicted octanol–water partition coefficient (Wildman–Crippen LogP) is 1.52. The van der Waals surface area contributed by atoms with Gasteiger partial charge in [0, 0.05) is 44.4 Å². The summed E-state index contributed by atoms with van der Waals surface area (Å²) in [5.74, 6) is 0.179. The van der Waals surface area contributed by atoms with E-state index in [-0.39, 0.29) is 17.6 Å². The molecular weight excluding hydrogens is 326 g/mol. The minimum absolute atomic E-state index is 0.0944. The van der Waals surface area contributed by atoms with E-state index in [9.17, 15) is 4.79 Å². The molecule has 4 rings (SSSR count). The molecule has 0 radical (unpaired) electrons. The molecule has 6 nitrogen and oxygen atoms in total. The van der Waals surface area contributed by atoms with E-state index in [0.29, 0.717) is 0 Å². The maximum absolute atomic E-state index is 12.5. The molecule has 3 saturated heterocycles. The highest BCUT2D eigenvalue weighted by atomic mass is 32.1. The molecule has 0 N–H and O–H groups in total. The number of ether oxygens (including phenoxy) is 2. The molecule has 1 aromatic rings. The van der Waals surface area contributed by atoms with E-state index < -0.39 is 0 Å². The average Bonchev–Trinajstić information content (AvgIpc) is 3.29. The Kier molecular flexibility index (Phi) is 4.85. The molecule has 132 valence electrons. The lowest BCUT2D eigenvalue weighted by Crippen LogP contribution is -2.58. The highest BCUT2D eigenvalue weighted by molar-refractivity contribution is 7.09. The number of rotatable bonds is 3. The third kappa shape index (κ3) is 3.49. The van der Waals surface area contributed by atoms with Crippen molar-refractivity contribution in [1.29, 1.82) is 0 Å². The number of carbonyl (C=O) groups excluding carboxylic acids is 1. The monoisotopic (exact) mass is 351 g/mol. The molecule has 0 aliphatic carbocycles. The quantitative estimate of drug-likeness (QED) is 0.826. The van der Waals surface area contributed by atoms with Crippen LogP contribution in [-0.2, 0) is 20.8 Å². The van der Waals surface area contributed by atoms with Gasteiger partial charge in [-0.1, -0.05) is 0 Å². The second-order valence-electron chi connectivity index (χ2n) is 6.99. The first-order valence-electron chi connectivity index (χ1n) is 8.89. The van der Waals surface area contributed by atoms with Gasteiger partial charge in [-0.2, -0.15) is 0 Å². The van der Waals surface area contributed by atoms with Crippen LogP contribution >= 0.6 is 11.3 Å². The van der Waals surface area contributed by atoms with Gasteiger partial charge in [0.2, 0.25) is 0 Å². The van der Waals surface area contributed by atoms with Gasteiger partial charge in [-0.3, -0.25) is 9.69 Å². The molecule has 1 amide bonds. The molecule has 1 spiro atoms. The zero-order valence-electron chi connectivity index (χ0n) is 14.0. The summed E-state index contributed by atoms with van der Waals surface area (Å²) in [6.07, 6.45) is 5.37. The van der Waals surface area contributed by atoms with Gasteiger partial charge in [-0.05, 0) is 25.7 Å². The normalized spacial score (nSPS) is 27.7. The van der Waals surface area contributed by atoms with Crippen LogP contribution < -0.4 is 0 Å². The van der Waals surface area contributed by atoms with Crippen LogP contribution in [0.4, 0.5) is 0 Å². The summed E-state index contributed by atoms with van der Waals surface area (Å²) in [6, 6.07) is 0. The minimum atomic E-state index is -0.201. The molecule has 4 heterocycles. The third-order valence-corrected chi connectivity index (χ3v) is 6.13. The van der Waals surface area contributed by atoms with Crippen molar-refractivity contribution in [3.05, 3.63) is 16.6 Å². The Bertz CT molecular complexity index is 551. The molecule has 0 unspecified atom stereocenters. The van der Waals surface area contributed by atoms with E-state index in [1.807, 2.05) is 16.5 Å². The summed E-state index contributed by atoms with van der Waals surface area (Å²) in [7, 11) is 0. The van der Waals surface area contributed by atoms with Crippen molar-refractivity contribution in [1.82, 2.24) is 14.8 Å². The standard InChI is InChI=1S/C17H25N3O3S/c21-16(14-2-1-9-22-14)20-6-3-17(4-7-20)13-19(8-10-23-17)12-15-18-5-11-24-15/h5,11,14H,1-4,6-10,12-13H2/t14-/m0/s1. The smallest absolute Gasteiger partial charge is 0.251 e. The van der Waals surface area contributed by atoms with Gasteiger partial charge >= 0.3 is 0 Å². The van der Waals surface area contributed by atoms with E-state index >= 15 is 0 Å². The molecule has 3 fully saturated rings. The number of piperidine rings is 1. The van der Waals surface area contributed by atoms with Crippen molar-refractivity contribution in [2.24, 2.45) is 0 Å². The number of morpholine rings is 1. The molecule has 1 aromatic heterocycles. The van der Waals surface area contributed by atoms with Crippen molar-refractivity contribution in [3.8, 4) is 0 Å². The summed E-state index contributed by atoms with van der Waals surface area (Å²) in [5.41, 5.74) is -0.0944. The first-order chi connectivity index (χ1) is 11.7. The van der Waals surface area contributed by atoms with Gasteiger partial charge in [-0.15, -0.1) is 11.3 Å². The number of amides is 1. The highest BCUT2D eigenvalue weighted by Gasteiger charge is 2.41. The second-order valence-corrected chi connectivity index (χ2v) is 7.97. The maximum Gasteiger partial charge on any atom is 0.251 e. The van der Waals surface area contributed by atoms with Crippen molar-refractivity contribution >= 4 is 17.2 Å². The Morgan fingerprint density at radius 2 is 2.21 bits per heavy atom. The zero-order chi connectivity index (χ0) is 16.4. The van der Waals surface area contributed by atoms with E-state index in [1.54, 1.807) is 11.3 Å². The van der Waals surface area contributed by atoms with Crippen LogP contribution in [0.1, 0.15) is 30.7 Å². The van der Waals surface area contributed by atoms with E-state index in [4.69, 9.17) is 9.47 Å². The first kappa shape index (κ1) is 16.4. The Morgan fingerprint density at radius 1 is 1.33 bits per heavy atom. The Balaban J connectivity index is 1.32. The van der Waals surface area contributed by atoms with Crippen LogP contribution in [0.3, 0.4) is 0 Å². The van der Waals surface area contributed by atoms with E-state index in [0.717, 1.165) is 76.6 Å². The van der Waals surface area contributed by atoms with E-state index in [2.05, 4.69) is 9.88 Å². The molecule has 0 aromatic carbocycles. The first-order valence-corrected chi connectivity index (χ1v) is 9.77. The summed E-state index contributed by atoms with van der Waals surface area (Å²) in [5, 5.41) is 3.19. The lowest BCUT2D eigenvalue weighted by molar-refractivity contribution is -0.157. The predicted molar refractivity (Wildman–Crippen MR) is 90.9 cm³/mol. The fraction of sp³-hybridized carbons (Fsp3) is 0.765. The SMILES string of the molecule is O=C([C@@H]1CCCO1)N1CCC2(CC1)CN(Cc1nccs1)CCO2. The number of nitrogens with zero attached hydrogens (tertiary/aromatic N) is 3. The molecule has 0 bridgehead atoms. The van der Waals surface area contributed by atoms with Crippen molar-refractivity contribution in [2.75, 3.05) is 39.4 Å². The molecule has 24 heavy (non-hydrogen) atoms. The largest absolute Gasteiger partial charge is 0.372 e. The summed E-state index contributed by atoms with van der Waals surface area (Å²) >= 11 is 1.71. The topological polar surface area (TPSA) is 54.9 Å². The molecule has 3 aliphatic heterocycles. The Labute approximate surface area is 146 Å². The van der Waals surface area contributed by atoms with Crippen molar-refractivity contribution in [2.45, 2.75) is 43.9 Å². The van der Waals surface area contributed by atoms with Crippen molar-refractivity contribution in [3.63, 3.8) is 0 Å². The van der Waals surface area contributed by atoms with Gasteiger partial charge in [0.05, 0.1) is 18.8 Å². The number of carbonyl (C=O) groups is 1. The van der Waals surface area contributed by atoms with Gasteiger partial charge < -0.3 is 14.4 Å². The fourth-order valence-electron chi connectivity index (χ4n) is 3.99. The molecule has 7 heteroatoms. The number of hydrogen-bond donors (Lipinski definition) is 0. The van der Waals surface area contributed by atoms with E-state index in [1.165, 1.54) is 0 Å². The minimum Gasteiger partial charge on any atom is -0.372 e.